The van der Waals surface area contributed by atoms with Crippen LogP contribution in [0.3, 0.4) is 0 Å². The molecule has 0 heterocycles. The van der Waals surface area contributed by atoms with E-state index in [0.717, 1.165) is 11.3 Å². The Morgan fingerprint density at radius 3 is 2.41 bits per heavy atom. The first kappa shape index (κ1) is 15.8. The third-order valence-corrected chi connectivity index (χ3v) is 3.19. The van der Waals surface area contributed by atoms with Crippen molar-refractivity contribution in [3.05, 3.63) is 59.9 Å². The fraction of sp³-hybridized carbons (Fsp3) is 0.235. The van der Waals surface area contributed by atoms with Gasteiger partial charge in [0.15, 0.2) is 0 Å². The molecule has 22 heavy (non-hydrogen) atoms. The molecule has 2 N–H and O–H groups in total. The summed E-state index contributed by atoms with van der Waals surface area (Å²) in [5.74, 6) is -1.05. The van der Waals surface area contributed by atoms with Gasteiger partial charge in [-0.2, -0.15) is 0 Å². The lowest BCUT2D eigenvalue weighted by Gasteiger charge is -2.11. The summed E-state index contributed by atoms with van der Waals surface area (Å²) in [6, 6.07) is 13.6. The maximum Gasteiger partial charge on any atom is 0.309 e. The van der Waals surface area contributed by atoms with Crippen LogP contribution in [0.25, 0.3) is 0 Å². The monoisotopic (exact) mass is 303 g/mol. The lowest BCUT2D eigenvalue weighted by atomic mass is 10.2. The summed E-state index contributed by atoms with van der Waals surface area (Å²) in [6.07, 6.45) is 0. The quantitative estimate of drug-likeness (QED) is 0.821. The molecule has 0 aromatic heterocycles. The van der Waals surface area contributed by atoms with Gasteiger partial charge in [-0.1, -0.05) is 12.1 Å². The number of nitrogens with one attached hydrogen (secondary N) is 1. The van der Waals surface area contributed by atoms with E-state index in [1.54, 1.807) is 31.2 Å². The zero-order chi connectivity index (χ0) is 15.9. The van der Waals surface area contributed by atoms with Gasteiger partial charge in [0.25, 0.3) is 0 Å². The van der Waals surface area contributed by atoms with E-state index in [1.807, 2.05) is 12.1 Å². The molecule has 0 aliphatic heterocycles. The van der Waals surface area contributed by atoms with E-state index in [0.29, 0.717) is 12.3 Å². The van der Waals surface area contributed by atoms with Crippen LogP contribution in [0.2, 0.25) is 0 Å². The number of hydrogen-bond donors (Lipinski definition) is 2. The number of benzene rings is 2. The average molecular weight is 303 g/mol. The Balaban J connectivity index is 1.83. The van der Waals surface area contributed by atoms with Crippen molar-refractivity contribution in [2.45, 2.75) is 13.5 Å². The smallest absolute Gasteiger partial charge is 0.309 e. The van der Waals surface area contributed by atoms with Gasteiger partial charge < -0.3 is 15.2 Å². The molecular formula is C17H18FNO3. The van der Waals surface area contributed by atoms with Gasteiger partial charge in [0.05, 0.1) is 5.92 Å². The van der Waals surface area contributed by atoms with Crippen molar-refractivity contribution >= 4 is 11.7 Å². The second kappa shape index (κ2) is 7.45. The van der Waals surface area contributed by atoms with Crippen molar-refractivity contribution < 1.29 is 19.0 Å². The fourth-order valence-electron chi connectivity index (χ4n) is 1.77. The number of carboxylic acid groups (broad SMARTS) is 1. The van der Waals surface area contributed by atoms with Crippen molar-refractivity contribution in [2.24, 2.45) is 5.92 Å². The number of ether oxygens (including phenoxy) is 1. The number of rotatable bonds is 7. The van der Waals surface area contributed by atoms with Gasteiger partial charge in [-0.15, -0.1) is 0 Å². The predicted molar refractivity (Wildman–Crippen MR) is 82.5 cm³/mol. The van der Waals surface area contributed by atoms with Crippen LogP contribution in [0, 0.1) is 11.7 Å². The Hall–Kier alpha value is -2.56. The van der Waals surface area contributed by atoms with Crippen molar-refractivity contribution in [1.29, 1.82) is 0 Å². The summed E-state index contributed by atoms with van der Waals surface area (Å²) in [5, 5.41) is 12.0. The highest BCUT2D eigenvalue weighted by Crippen LogP contribution is 2.17. The molecule has 1 unspecified atom stereocenters. The number of anilines is 1. The van der Waals surface area contributed by atoms with Crippen molar-refractivity contribution in [2.75, 3.05) is 11.9 Å². The highest BCUT2D eigenvalue weighted by atomic mass is 19.1. The number of hydrogen-bond acceptors (Lipinski definition) is 3. The van der Waals surface area contributed by atoms with Gasteiger partial charge in [-0.05, 0) is 48.9 Å². The Bertz CT molecular complexity index is 611. The normalized spacial score (nSPS) is 11.7. The standard InChI is InChI=1S/C17H18FNO3/c1-12(17(20)21)11-22-16-8-6-15(7-9-16)19-10-13-2-4-14(18)5-3-13/h2-9,12,19H,10-11H2,1H3,(H,20,21). The highest BCUT2D eigenvalue weighted by Gasteiger charge is 2.11. The van der Waals surface area contributed by atoms with E-state index in [-0.39, 0.29) is 12.4 Å². The Labute approximate surface area is 128 Å². The van der Waals surface area contributed by atoms with Gasteiger partial charge in [0.1, 0.15) is 18.2 Å². The molecule has 4 nitrogen and oxygen atoms in total. The lowest BCUT2D eigenvalue weighted by Crippen LogP contribution is -2.17. The maximum atomic E-state index is 12.8. The summed E-state index contributed by atoms with van der Waals surface area (Å²) >= 11 is 0. The Morgan fingerprint density at radius 1 is 1.18 bits per heavy atom. The molecule has 2 aromatic carbocycles. The van der Waals surface area contributed by atoms with Crippen LogP contribution < -0.4 is 10.1 Å². The summed E-state index contributed by atoms with van der Waals surface area (Å²) < 4.78 is 18.2. The van der Waals surface area contributed by atoms with Crippen LogP contribution in [-0.4, -0.2) is 17.7 Å². The largest absolute Gasteiger partial charge is 0.493 e. The van der Waals surface area contributed by atoms with Gasteiger partial charge in [-0.25, -0.2) is 4.39 Å². The first-order chi connectivity index (χ1) is 10.5. The average Bonchev–Trinajstić information content (AvgIpc) is 2.53. The molecule has 2 rings (SSSR count). The van der Waals surface area contributed by atoms with Crippen LogP contribution in [0.1, 0.15) is 12.5 Å². The molecule has 5 heteroatoms. The van der Waals surface area contributed by atoms with Gasteiger partial charge in [0, 0.05) is 12.2 Å². The number of aliphatic carboxylic acids is 1. The molecule has 0 amide bonds. The molecule has 0 fully saturated rings. The van der Waals surface area contributed by atoms with Gasteiger partial charge in [0.2, 0.25) is 0 Å². The molecule has 0 aliphatic rings. The maximum absolute atomic E-state index is 12.8. The molecule has 0 saturated heterocycles. The van der Waals surface area contributed by atoms with E-state index in [4.69, 9.17) is 9.84 Å². The Kier molecular flexibility index (Phi) is 5.36. The zero-order valence-corrected chi connectivity index (χ0v) is 12.3. The van der Waals surface area contributed by atoms with Crippen LogP contribution in [-0.2, 0) is 11.3 Å². The molecule has 116 valence electrons. The zero-order valence-electron chi connectivity index (χ0n) is 12.3. The first-order valence-electron chi connectivity index (χ1n) is 6.98. The van der Waals surface area contributed by atoms with Gasteiger partial charge >= 0.3 is 5.97 Å². The highest BCUT2D eigenvalue weighted by molar-refractivity contribution is 5.69. The number of carbonyl (C=O) groups is 1. The van der Waals surface area contributed by atoms with E-state index in [2.05, 4.69) is 5.32 Å². The summed E-state index contributed by atoms with van der Waals surface area (Å²) in [6.45, 7) is 2.33. The lowest BCUT2D eigenvalue weighted by molar-refractivity contribution is -0.142. The van der Waals surface area contributed by atoms with Gasteiger partial charge in [-0.3, -0.25) is 4.79 Å². The minimum absolute atomic E-state index is 0.137. The topological polar surface area (TPSA) is 58.6 Å². The van der Waals surface area contributed by atoms with E-state index < -0.39 is 11.9 Å². The van der Waals surface area contributed by atoms with E-state index in [9.17, 15) is 9.18 Å². The molecule has 0 aliphatic carbocycles. The van der Waals surface area contributed by atoms with Crippen LogP contribution in [0.5, 0.6) is 5.75 Å². The molecule has 2 aromatic rings. The number of carboxylic acids is 1. The van der Waals surface area contributed by atoms with Crippen LogP contribution in [0.15, 0.2) is 48.5 Å². The SMILES string of the molecule is CC(COc1ccc(NCc2ccc(F)cc2)cc1)C(=O)O. The van der Waals surface area contributed by atoms with Crippen molar-refractivity contribution in [3.63, 3.8) is 0 Å². The molecule has 0 spiro atoms. The summed E-state index contributed by atoms with van der Waals surface area (Å²) in [4.78, 5) is 10.7. The number of halogens is 1. The molecule has 0 radical (unpaired) electrons. The molecule has 1 atom stereocenters. The van der Waals surface area contributed by atoms with Crippen molar-refractivity contribution in [3.8, 4) is 5.75 Å². The van der Waals surface area contributed by atoms with Crippen molar-refractivity contribution in [1.82, 2.24) is 0 Å². The third-order valence-electron chi connectivity index (χ3n) is 3.19. The summed E-state index contributed by atoms with van der Waals surface area (Å²) in [7, 11) is 0. The minimum atomic E-state index is -0.877. The minimum Gasteiger partial charge on any atom is -0.493 e. The summed E-state index contributed by atoms with van der Waals surface area (Å²) in [5.41, 5.74) is 1.89. The van der Waals surface area contributed by atoms with E-state index >= 15 is 0 Å². The second-order valence-electron chi connectivity index (χ2n) is 5.05. The molecular weight excluding hydrogens is 285 g/mol. The fourth-order valence-corrected chi connectivity index (χ4v) is 1.77. The molecule has 0 saturated carbocycles. The molecule has 0 bridgehead atoms. The third kappa shape index (κ3) is 4.77. The van der Waals surface area contributed by atoms with Crippen LogP contribution in [0.4, 0.5) is 10.1 Å². The Morgan fingerprint density at radius 2 is 1.82 bits per heavy atom. The second-order valence-corrected chi connectivity index (χ2v) is 5.05. The predicted octanol–water partition coefficient (Wildman–Crippen LogP) is 3.54. The van der Waals surface area contributed by atoms with Crippen LogP contribution >= 0.6 is 0 Å². The van der Waals surface area contributed by atoms with E-state index in [1.165, 1.54) is 12.1 Å². The first-order valence-corrected chi connectivity index (χ1v) is 6.98.